The van der Waals surface area contributed by atoms with E-state index in [1.54, 1.807) is 12.1 Å². The van der Waals surface area contributed by atoms with Gasteiger partial charge in [0.2, 0.25) is 0 Å². The second kappa shape index (κ2) is 7.18. The van der Waals surface area contributed by atoms with Crippen molar-refractivity contribution in [2.75, 3.05) is 31.1 Å². The Morgan fingerprint density at radius 3 is 2.40 bits per heavy atom. The van der Waals surface area contributed by atoms with E-state index in [0.717, 1.165) is 15.9 Å². The number of rotatable bonds is 3. The molecular weight excluding hydrogens is 388 g/mol. The number of amides is 1. The summed E-state index contributed by atoms with van der Waals surface area (Å²) in [5.41, 5.74) is 1.42. The number of hydrogen-bond donors (Lipinski definition) is 0. The molecule has 0 saturated carbocycles. The Kier molecular flexibility index (Phi) is 4.98. The molecule has 0 aliphatic carbocycles. The largest absolute Gasteiger partial charge is 0.353 e. The molecule has 0 spiro atoms. The highest BCUT2D eigenvalue weighted by Gasteiger charge is 2.24. The fraction of sp³-hybridized carbons (Fsp3) is 0.294. The van der Waals surface area contributed by atoms with Gasteiger partial charge >= 0.3 is 0 Å². The third kappa shape index (κ3) is 3.79. The molecule has 0 radical (unpaired) electrons. The van der Waals surface area contributed by atoms with Gasteiger partial charge in [-0.25, -0.2) is 4.98 Å². The molecule has 2 aromatic rings. The van der Waals surface area contributed by atoms with E-state index in [4.69, 9.17) is 0 Å². The third-order valence-electron chi connectivity index (χ3n) is 4.20. The molecule has 3 rings (SSSR count). The van der Waals surface area contributed by atoms with Crippen LogP contribution in [0, 0.1) is 17.0 Å². The summed E-state index contributed by atoms with van der Waals surface area (Å²) in [5, 5.41) is 10.8. The zero-order chi connectivity index (χ0) is 18.0. The summed E-state index contributed by atoms with van der Waals surface area (Å²) < 4.78 is 0.939. The monoisotopic (exact) mass is 404 g/mol. The highest BCUT2D eigenvalue weighted by atomic mass is 79.9. The zero-order valence-corrected chi connectivity index (χ0v) is 15.3. The van der Waals surface area contributed by atoms with Crippen molar-refractivity contribution in [2.45, 2.75) is 6.92 Å². The van der Waals surface area contributed by atoms with E-state index in [0.29, 0.717) is 31.7 Å². The van der Waals surface area contributed by atoms with Crippen LogP contribution in [0.15, 0.2) is 41.0 Å². The molecule has 2 heterocycles. The molecule has 1 saturated heterocycles. The summed E-state index contributed by atoms with van der Waals surface area (Å²) >= 11 is 3.36. The average molecular weight is 405 g/mol. The van der Waals surface area contributed by atoms with E-state index >= 15 is 0 Å². The minimum absolute atomic E-state index is 0.00898. The quantitative estimate of drug-likeness (QED) is 0.580. The second-order valence-electron chi connectivity index (χ2n) is 5.88. The molecule has 0 unspecified atom stereocenters. The molecule has 1 aliphatic heterocycles. The molecule has 1 fully saturated rings. The van der Waals surface area contributed by atoms with E-state index in [9.17, 15) is 14.9 Å². The Morgan fingerprint density at radius 1 is 1.20 bits per heavy atom. The van der Waals surface area contributed by atoms with Crippen molar-refractivity contribution in [3.63, 3.8) is 0 Å². The van der Waals surface area contributed by atoms with Crippen LogP contribution in [0.2, 0.25) is 0 Å². The van der Waals surface area contributed by atoms with Gasteiger partial charge in [-0.1, -0.05) is 15.9 Å². The Morgan fingerprint density at radius 2 is 1.84 bits per heavy atom. The predicted octanol–water partition coefficient (Wildman–Crippen LogP) is 3.02. The SMILES string of the molecule is Cc1cc([N+](=O)[O-])cnc1N1CCN(C(=O)c2ccc(Br)cc2)CC1. The minimum atomic E-state index is -0.446. The maximum atomic E-state index is 12.5. The van der Waals surface area contributed by atoms with Crippen molar-refractivity contribution >= 4 is 33.3 Å². The van der Waals surface area contributed by atoms with Gasteiger partial charge in [0.25, 0.3) is 11.6 Å². The maximum Gasteiger partial charge on any atom is 0.287 e. The Hall–Kier alpha value is -2.48. The molecular formula is C17H17BrN4O3. The molecule has 0 bridgehead atoms. The van der Waals surface area contributed by atoms with Crippen LogP contribution >= 0.6 is 15.9 Å². The number of nitro groups is 1. The first kappa shape index (κ1) is 17.3. The minimum Gasteiger partial charge on any atom is -0.353 e. The summed E-state index contributed by atoms with van der Waals surface area (Å²) in [6.07, 6.45) is 1.28. The third-order valence-corrected chi connectivity index (χ3v) is 4.73. The molecule has 0 atom stereocenters. The van der Waals surface area contributed by atoms with Gasteiger partial charge in [0, 0.05) is 42.3 Å². The number of anilines is 1. The van der Waals surface area contributed by atoms with Crippen LogP contribution in [0.3, 0.4) is 0 Å². The standard InChI is InChI=1S/C17H17BrN4O3/c1-12-10-15(22(24)25)11-19-16(12)20-6-8-21(9-7-20)17(23)13-2-4-14(18)5-3-13/h2-5,10-11H,6-9H2,1H3. The van der Waals surface area contributed by atoms with Crippen LogP contribution in [-0.4, -0.2) is 46.9 Å². The second-order valence-corrected chi connectivity index (χ2v) is 6.79. The fourth-order valence-electron chi connectivity index (χ4n) is 2.88. The van der Waals surface area contributed by atoms with Gasteiger partial charge in [0.15, 0.2) is 0 Å². The molecule has 1 aliphatic rings. The number of aromatic nitrogens is 1. The molecule has 25 heavy (non-hydrogen) atoms. The van der Waals surface area contributed by atoms with Gasteiger partial charge in [-0.3, -0.25) is 14.9 Å². The number of carbonyl (C=O) groups excluding carboxylic acids is 1. The summed E-state index contributed by atoms with van der Waals surface area (Å²) in [5.74, 6) is 0.752. The topological polar surface area (TPSA) is 79.6 Å². The number of piperazine rings is 1. The van der Waals surface area contributed by atoms with Crippen LogP contribution in [0.25, 0.3) is 0 Å². The molecule has 1 aromatic carbocycles. The summed E-state index contributed by atoms with van der Waals surface area (Å²) in [4.78, 5) is 31.0. The molecule has 130 valence electrons. The number of halogens is 1. The van der Waals surface area contributed by atoms with Gasteiger partial charge in [-0.05, 0) is 36.8 Å². The molecule has 0 N–H and O–H groups in total. The summed E-state index contributed by atoms with van der Waals surface area (Å²) in [6, 6.07) is 8.85. The lowest BCUT2D eigenvalue weighted by atomic mass is 10.1. The fourth-order valence-corrected chi connectivity index (χ4v) is 3.14. The van der Waals surface area contributed by atoms with E-state index in [2.05, 4.69) is 25.8 Å². The molecule has 1 amide bonds. The zero-order valence-electron chi connectivity index (χ0n) is 13.7. The van der Waals surface area contributed by atoms with Crippen molar-refractivity contribution in [1.82, 2.24) is 9.88 Å². The van der Waals surface area contributed by atoms with Gasteiger partial charge in [0.05, 0.1) is 4.92 Å². The highest BCUT2D eigenvalue weighted by molar-refractivity contribution is 9.10. The first-order valence-electron chi connectivity index (χ1n) is 7.86. The average Bonchev–Trinajstić information content (AvgIpc) is 2.62. The number of carbonyl (C=O) groups is 1. The molecule has 7 nitrogen and oxygen atoms in total. The number of benzene rings is 1. The van der Waals surface area contributed by atoms with Crippen LogP contribution < -0.4 is 4.90 Å². The van der Waals surface area contributed by atoms with Crippen LogP contribution in [0.4, 0.5) is 11.5 Å². The van der Waals surface area contributed by atoms with Crippen LogP contribution in [0.1, 0.15) is 15.9 Å². The van der Waals surface area contributed by atoms with Crippen molar-refractivity contribution in [3.05, 3.63) is 62.2 Å². The van der Waals surface area contributed by atoms with Crippen molar-refractivity contribution in [2.24, 2.45) is 0 Å². The molecule has 1 aromatic heterocycles. The van der Waals surface area contributed by atoms with Crippen molar-refractivity contribution in [1.29, 1.82) is 0 Å². The Balaban J connectivity index is 1.66. The van der Waals surface area contributed by atoms with Gasteiger partial charge in [0.1, 0.15) is 12.0 Å². The number of aryl methyl sites for hydroxylation is 1. The lowest BCUT2D eigenvalue weighted by Crippen LogP contribution is -2.49. The first-order valence-corrected chi connectivity index (χ1v) is 8.66. The van der Waals surface area contributed by atoms with Crippen molar-refractivity contribution < 1.29 is 9.72 Å². The Bertz CT molecular complexity index is 802. The van der Waals surface area contributed by atoms with Gasteiger partial charge < -0.3 is 9.80 Å². The predicted molar refractivity (Wildman–Crippen MR) is 97.9 cm³/mol. The van der Waals surface area contributed by atoms with E-state index in [1.807, 2.05) is 24.0 Å². The summed E-state index contributed by atoms with van der Waals surface area (Å²) in [6.45, 7) is 4.29. The normalized spacial score (nSPS) is 14.5. The number of nitrogens with zero attached hydrogens (tertiary/aromatic N) is 4. The van der Waals surface area contributed by atoms with E-state index < -0.39 is 4.92 Å². The maximum absolute atomic E-state index is 12.5. The lowest BCUT2D eigenvalue weighted by molar-refractivity contribution is -0.385. The smallest absolute Gasteiger partial charge is 0.287 e. The highest BCUT2D eigenvalue weighted by Crippen LogP contribution is 2.23. The molecule has 8 heteroatoms. The van der Waals surface area contributed by atoms with Gasteiger partial charge in [-0.15, -0.1) is 0 Å². The number of pyridine rings is 1. The van der Waals surface area contributed by atoms with Crippen molar-refractivity contribution in [3.8, 4) is 0 Å². The van der Waals surface area contributed by atoms with Crippen LogP contribution in [0.5, 0.6) is 0 Å². The van der Waals surface area contributed by atoms with E-state index in [-0.39, 0.29) is 11.6 Å². The lowest BCUT2D eigenvalue weighted by Gasteiger charge is -2.36. The first-order chi connectivity index (χ1) is 12.0. The van der Waals surface area contributed by atoms with Gasteiger partial charge in [-0.2, -0.15) is 0 Å². The number of hydrogen-bond acceptors (Lipinski definition) is 5. The Labute approximate surface area is 153 Å². The van der Waals surface area contributed by atoms with E-state index in [1.165, 1.54) is 12.3 Å². The van der Waals surface area contributed by atoms with Crippen LogP contribution in [-0.2, 0) is 0 Å². The summed E-state index contributed by atoms with van der Waals surface area (Å²) in [7, 11) is 0.